The molecule has 1 heterocycles. The van der Waals surface area contributed by atoms with E-state index in [1.165, 1.54) is 6.42 Å². The molecule has 2 rings (SSSR count). The van der Waals surface area contributed by atoms with Gasteiger partial charge in [-0.05, 0) is 31.0 Å². The van der Waals surface area contributed by atoms with Crippen molar-refractivity contribution in [1.29, 1.82) is 0 Å². The number of hydrogen-bond acceptors (Lipinski definition) is 1. The standard InChI is InChI=1S/C11H13Cl2N/c1-7-5-6-14-11(7)10-8(12)3-2-4-9(10)13/h2-4,7,11,14H,5-6H2,1H3. The Morgan fingerprint density at radius 1 is 1.29 bits per heavy atom. The number of hydrogen-bond donors (Lipinski definition) is 1. The third kappa shape index (κ3) is 1.77. The molecule has 1 nitrogen and oxygen atoms in total. The van der Waals surface area contributed by atoms with Gasteiger partial charge < -0.3 is 5.32 Å². The predicted octanol–water partition coefficient (Wildman–Crippen LogP) is 3.66. The van der Waals surface area contributed by atoms with Crippen LogP contribution in [0.4, 0.5) is 0 Å². The summed E-state index contributed by atoms with van der Waals surface area (Å²) in [5.41, 5.74) is 1.06. The molecule has 1 saturated heterocycles. The predicted molar refractivity (Wildman–Crippen MR) is 61.0 cm³/mol. The molecule has 0 aromatic heterocycles. The molecule has 3 heteroatoms. The van der Waals surface area contributed by atoms with Gasteiger partial charge in [0.15, 0.2) is 0 Å². The maximum absolute atomic E-state index is 6.15. The Hall–Kier alpha value is -0.240. The fourth-order valence-electron chi connectivity index (χ4n) is 2.03. The van der Waals surface area contributed by atoms with Gasteiger partial charge in [0.05, 0.1) is 0 Å². The Morgan fingerprint density at radius 2 is 1.93 bits per heavy atom. The second-order valence-corrected chi connectivity index (χ2v) is 4.65. The van der Waals surface area contributed by atoms with E-state index in [0.29, 0.717) is 12.0 Å². The van der Waals surface area contributed by atoms with Gasteiger partial charge in [-0.3, -0.25) is 0 Å². The fraction of sp³-hybridized carbons (Fsp3) is 0.455. The van der Waals surface area contributed by atoms with Crippen molar-refractivity contribution in [2.24, 2.45) is 5.92 Å². The van der Waals surface area contributed by atoms with E-state index < -0.39 is 0 Å². The Morgan fingerprint density at radius 3 is 2.43 bits per heavy atom. The topological polar surface area (TPSA) is 12.0 Å². The van der Waals surface area contributed by atoms with Crippen LogP contribution >= 0.6 is 23.2 Å². The minimum Gasteiger partial charge on any atom is -0.310 e. The summed E-state index contributed by atoms with van der Waals surface area (Å²) >= 11 is 12.3. The molecule has 76 valence electrons. The second kappa shape index (κ2) is 4.09. The highest BCUT2D eigenvalue weighted by molar-refractivity contribution is 6.36. The van der Waals surface area contributed by atoms with Crippen molar-refractivity contribution in [3.63, 3.8) is 0 Å². The lowest BCUT2D eigenvalue weighted by Crippen LogP contribution is -2.17. The molecule has 0 aliphatic carbocycles. The minimum atomic E-state index is 0.316. The van der Waals surface area contributed by atoms with E-state index in [9.17, 15) is 0 Å². The average molecular weight is 230 g/mol. The molecule has 14 heavy (non-hydrogen) atoms. The summed E-state index contributed by atoms with van der Waals surface area (Å²) in [5, 5.41) is 4.97. The van der Waals surface area contributed by atoms with Gasteiger partial charge in [0.2, 0.25) is 0 Å². The van der Waals surface area contributed by atoms with Gasteiger partial charge in [-0.1, -0.05) is 36.2 Å². The highest BCUT2D eigenvalue weighted by atomic mass is 35.5. The van der Waals surface area contributed by atoms with Crippen LogP contribution in [0.2, 0.25) is 10.0 Å². The molecular weight excluding hydrogens is 217 g/mol. The zero-order valence-corrected chi connectivity index (χ0v) is 9.57. The van der Waals surface area contributed by atoms with Crippen molar-refractivity contribution in [2.45, 2.75) is 19.4 Å². The van der Waals surface area contributed by atoms with Crippen LogP contribution in [0.5, 0.6) is 0 Å². The van der Waals surface area contributed by atoms with Crippen LogP contribution in [-0.4, -0.2) is 6.54 Å². The van der Waals surface area contributed by atoms with E-state index in [1.54, 1.807) is 0 Å². The third-order valence-corrected chi connectivity index (χ3v) is 3.50. The average Bonchev–Trinajstić information content (AvgIpc) is 2.52. The molecule has 1 aliphatic heterocycles. The lowest BCUT2D eigenvalue weighted by Gasteiger charge is -2.18. The first-order valence-electron chi connectivity index (χ1n) is 4.87. The molecule has 0 saturated carbocycles. The van der Waals surface area contributed by atoms with Gasteiger partial charge in [0, 0.05) is 21.7 Å². The summed E-state index contributed by atoms with van der Waals surface area (Å²) in [6.07, 6.45) is 1.19. The number of halogens is 2. The van der Waals surface area contributed by atoms with Crippen LogP contribution in [0.15, 0.2) is 18.2 Å². The van der Waals surface area contributed by atoms with Crippen molar-refractivity contribution in [3.8, 4) is 0 Å². The molecule has 0 amide bonds. The number of nitrogens with one attached hydrogen (secondary N) is 1. The highest BCUT2D eigenvalue weighted by Crippen LogP contribution is 2.37. The highest BCUT2D eigenvalue weighted by Gasteiger charge is 2.27. The van der Waals surface area contributed by atoms with Gasteiger partial charge in [0.1, 0.15) is 0 Å². The Balaban J connectivity index is 2.39. The molecule has 0 bridgehead atoms. The summed E-state index contributed by atoms with van der Waals surface area (Å²) in [6, 6.07) is 6.00. The first-order valence-corrected chi connectivity index (χ1v) is 5.63. The normalized spacial score (nSPS) is 26.8. The molecule has 1 fully saturated rings. The molecule has 0 radical (unpaired) electrons. The van der Waals surface area contributed by atoms with Crippen molar-refractivity contribution >= 4 is 23.2 Å². The van der Waals surface area contributed by atoms with Crippen LogP contribution in [0.3, 0.4) is 0 Å². The van der Waals surface area contributed by atoms with Crippen molar-refractivity contribution in [1.82, 2.24) is 5.32 Å². The van der Waals surface area contributed by atoms with Crippen LogP contribution in [0, 0.1) is 5.92 Å². The van der Waals surface area contributed by atoms with Gasteiger partial charge in [0.25, 0.3) is 0 Å². The maximum Gasteiger partial charge on any atom is 0.0468 e. The molecule has 1 aromatic carbocycles. The van der Waals surface area contributed by atoms with Gasteiger partial charge in [-0.15, -0.1) is 0 Å². The largest absolute Gasteiger partial charge is 0.310 e. The van der Waals surface area contributed by atoms with Crippen LogP contribution < -0.4 is 5.32 Å². The molecule has 2 atom stereocenters. The zero-order valence-electron chi connectivity index (χ0n) is 8.06. The van der Waals surface area contributed by atoms with E-state index in [-0.39, 0.29) is 0 Å². The van der Waals surface area contributed by atoms with E-state index >= 15 is 0 Å². The summed E-state index contributed by atoms with van der Waals surface area (Å²) in [6.45, 7) is 3.28. The second-order valence-electron chi connectivity index (χ2n) is 3.83. The minimum absolute atomic E-state index is 0.316. The zero-order chi connectivity index (χ0) is 10.1. The first kappa shape index (κ1) is 10.3. The number of rotatable bonds is 1. The smallest absolute Gasteiger partial charge is 0.0468 e. The van der Waals surface area contributed by atoms with Gasteiger partial charge in [-0.2, -0.15) is 0 Å². The quantitative estimate of drug-likeness (QED) is 0.776. The lowest BCUT2D eigenvalue weighted by atomic mass is 9.96. The first-order chi connectivity index (χ1) is 6.70. The van der Waals surface area contributed by atoms with Crippen LogP contribution in [0.25, 0.3) is 0 Å². The SMILES string of the molecule is CC1CCNC1c1c(Cl)cccc1Cl. The van der Waals surface area contributed by atoms with Gasteiger partial charge >= 0.3 is 0 Å². The van der Waals surface area contributed by atoms with Crippen LogP contribution in [-0.2, 0) is 0 Å². The van der Waals surface area contributed by atoms with E-state index in [4.69, 9.17) is 23.2 Å². The van der Waals surface area contributed by atoms with Crippen LogP contribution in [0.1, 0.15) is 24.9 Å². The molecule has 2 unspecified atom stereocenters. The number of benzene rings is 1. The van der Waals surface area contributed by atoms with E-state index in [1.807, 2.05) is 18.2 Å². The van der Waals surface area contributed by atoms with E-state index in [2.05, 4.69) is 12.2 Å². The Kier molecular flexibility index (Phi) is 3.01. The summed E-state index contributed by atoms with van der Waals surface area (Å²) in [5.74, 6) is 0.604. The summed E-state index contributed by atoms with van der Waals surface area (Å²) in [7, 11) is 0. The molecule has 1 N–H and O–H groups in total. The van der Waals surface area contributed by atoms with Crippen molar-refractivity contribution in [2.75, 3.05) is 6.54 Å². The molecule has 1 aromatic rings. The van der Waals surface area contributed by atoms with Crippen molar-refractivity contribution < 1.29 is 0 Å². The maximum atomic E-state index is 6.15. The monoisotopic (exact) mass is 229 g/mol. The Labute approximate surface area is 94.4 Å². The molecule has 0 spiro atoms. The fourth-order valence-corrected chi connectivity index (χ4v) is 2.66. The molecular formula is C11H13Cl2N. The van der Waals surface area contributed by atoms with E-state index in [0.717, 1.165) is 22.2 Å². The Bertz CT molecular complexity index is 318. The lowest BCUT2D eigenvalue weighted by molar-refractivity contribution is 0.504. The van der Waals surface area contributed by atoms with Crippen molar-refractivity contribution in [3.05, 3.63) is 33.8 Å². The third-order valence-electron chi connectivity index (χ3n) is 2.84. The molecule has 1 aliphatic rings. The van der Waals surface area contributed by atoms with Gasteiger partial charge in [-0.25, -0.2) is 0 Å². The summed E-state index contributed by atoms with van der Waals surface area (Å²) < 4.78 is 0. The summed E-state index contributed by atoms with van der Waals surface area (Å²) in [4.78, 5) is 0.